The summed E-state index contributed by atoms with van der Waals surface area (Å²) >= 11 is 0. The molecule has 0 aliphatic carbocycles. The van der Waals surface area contributed by atoms with Gasteiger partial charge in [0.1, 0.15) is 12.3 Å². The Morgan fingerprint density at radius 3 is 2.40 bits per heavy atom. The number of fused-ring (bicyclic) bond motifs is 1. The maximum atomic E-state index is 5.73. The van der Waals surface area contributed by atoms with Crippen LogP contribution in [0.4, 0.5) is 0 Å². The zero-order valence-electron chi connectivity index (χ0n) is 17.7. The lowest BCUT2D eigenvalue weighted by molar-refractivity contribution is -0.671. The molecule has 0 aromatic heterocycles. The van der Waals surface area contributed by atoms with E-state index < -0.39 is 0 Å². The second-order valence-electron chi connectivity index (χ2n) is 7.96. The number of nitrogens with two attached hydrogens (primary N) is 1. The molecule has 0 unspecified atom stereocenters. The lowest BCUT2D eigenvalue weighted by atomic mass is 9.88. The standard InChI is InChI=1S/C26H29NO3/c1-19(2)30-23-11-8-20(9-12-23)17-27-15-14-24(21-6-4-3-5-7-21)22-10-13-25-26(16-22)29-18-28-25/h3-13,16,19,24,27H,14-15,17-18H2,1-2H3/p+1/t24-/m1/s1. The van der Waals surface area contributed by atoms with E-state index in [0.717, 1.165) is 36.8 Å². The van der Waals surface area contributed by atoms with E-state index in [9.17, 15) is 0 Å². The Balaban J connectivity index is 1.38. The Morgan fingerprint density at radius 1 is 0.867 bits per heavy atom. The molecule has 156 valence electrons. The number of rotatable bonds is 9. The maximum absolute atomic E-state index is 5.73. The first-order valence-electron chi connectivity index (χ1n) is 10.7. The van der Waals surface area contributed by atoms with E-state index in [0.29, 0.717) is 12.7 Å². The molecule has 1 aliphatic heterocycles. The third kappa shape index (κ3) is 5.14. The molecular formula is C26H30NO3+. The smallest absolute Gasteiger partial charge is 0.231 e. The molecule has 4 rings (SSSR count). The summed E-state index contributed by atoms with van der Waals surface area (Å²) in [4.78, 5) is 0. The van der Waals surface area contributed by atoms with Gasteiger partial charge in [0.25, 0.3) is 0 Å². The van der Waals surface area contributed by atoms with E-state index in [1.54, 1.807) is 0 Å². The highest BCUT2D eigenvalue weighted by Crippen LogP contribution is 2.37. The highest BCUT2D eigenvalue weighted by atomic mass is 16.7. The van der Waals surface area contributed by atoms with Gasteiger partial charge in [-0.05, 0) is 61.4 Å². The van der Waals surface area contributed by atoms with Crippen LogP contribution in [0.2, 0.25) is 0 Å². The minimum absolute atomic E-state index is 0.202. The van der Waals surface area contributed by atoms with Crippen molar-refractivity contribution in [2.75, 3.05) is 13.3 Å². The first-order chi connectivity index (χ1) is 14.7. The van der Waals surface area contributed by atoms with Gasteiger partial charge < -0.3 is 19.5 Å². The van der Waals surface area contributed by atoms with E-state index in [4.69, 9.17) is 14.2 Å². The molecule has 4 nitrogen and oxygen atoms in total. The van der Waals surface area contributed by atoms with Crippen molar-refractivity contribution in [3.63, 3.8) is 0 Å². The van der Waals surface area contributed by atoms with Crippen LogP contribution in [0, 0.1) is 0 Å². The average Bonchev–Trinajstić information content (AvgIpc) is 3.23. The maximum Gasteiger partial charge on any atom is 0.231 e. The predicted octanol–water partition coefficient (Wildman–Crippen LogP) is 4.49. The Bertz CT molecular complexity index is 938. The molecule has 3 aromatic carbocycles. The van der Waals surface area contributed by atoms with Crippen molar-refractivity contribution in [3.8, 4) is 17.2 Å². The van der Waals surface area contributed by atoms with Crippen molar-refractivity contribution < 1.29 is 19.5 Å². The lowest BCUT2D eigenvalue weighted by Gasteiger charge is -2.18. The number of ether oxygens (including phenoxy) is 3. The summed E-state index contributed by atoms with van der Waals surface area (Å²) in [5.41, 5.74) is 3.92. The summed E-state index contributed by atoms with van der Waals surface area (Å²) < 4.78 is 16.8. The second-order valence-corrected chi connectivity index (χ2v) is 7.96. The zero-order valence-corrected chi connectivity index (χ0v) is 17.7. The molecular weight excluding hydrogens is 374 g/mol. The van der Waals surface area contributed by atoms with Crippen molar-refractivity contribution in [3.05, 3.63) is 89.5 Å². The van der Waals surface area contributed by atoms with Crippen LogP contribution in [0.15, 0.2) is 72.8 Å². The van der Waals surface area contributed by atoms with Crippen LogP contribution in [0.5, 0.6) is 17.2 Å². The van der Waals surface area contributed by atoms with Gasteiger partial charge in [-0.25, -0.2) is 0 Å². The van der Waals surface area contributed by atoms with Gasteiger partial charge in [-0.2, -0.15) is 0 Å². The number of hydrogen-bond donors (Lipinski definition) is 1. The van der Waals surface area contributed by atoms with E-state index in [-0.39, 0.29) is 6.10 Å². The second kappa shape index (κ2) is 9.68. The van der Waals surface area contributed by atoms with Crippen LogP contribution in [0.25, 0.3) is 0 Å². The Morgan fingerprint density at radius 2 is 1.63 bits per heavy atom. The topological polar surface area (TPSA) is 44.3 Å². The Labute approximate surface area is 178 Å². The molecule has 0 saturated heterocycles. The van der Waals surface area contributed by atoms with Crippen LogP contribution in [0.1, 0.15) is 42.9 Å². The van der Waals surface area contributed by atoms with Gasteiger partial charge in [-0.3, -0.25) is 0 Å². The van der Waals surface area contributed by atoms with Gasteiger partial charge in [0.05, 0.1) is 12.6 Å². The van der Waals surface area contributed by atoms with Gasteiger partial charge in [0.2, 0.25) is 6.79 Å². The number of quaternary nitrogens is 1. The summed E-state index contributed by atoms with van der Waals surface area (Å²) in [6.45, 7) is 6.41. The summed E-state index contributed by atoms with van der Waals surface area (Å²) in [6, 6.07) is 25.5. The fourth-order valence-corrected chi connectivity index (χ4v) is 3.87. The molecule has 30 heavy (non-hydrogen) atoms. The van der Waals surface area contributed by atoms with Gasteiger partial charge >= 0.3 is 0 Å². The molecule has 2 N–H and O–H groups in total. The third-order valence-corrected chi connectivity index (χ3v) is 5.34. The first-order valence-corrected chi connectivity index (χ1v) is 10.7. The summed E-state index contributed by atoms with van der Waals surface area (Å²) in [5.74, 6) is 2.95. The summed E-state index contributed by atoms with van der Waals surface area (Å²) in [7, 11) is 0. The van der Waals surface area contributed by atoms with Crippen molar-refractivity contribution in [2.24, 2.45) is 0 Å². The Kier molecular flexibility index (Phi) is 6.55. The monoisotopic (exact) mass is 404 g/mol. The van der Waals surface area contributed by atoms with E-state index in [2.05, 4.69) is 72.0 Å². The minimum atomic E-state index is 0.202. The lowest BCUT2D eigenvalue weighted by Crippen LogP contribution is -2.82. The van der Waals surface area contributed by atoms with Gasteiger partial charge in [-0.15, -0.1) is 0 Å². The third-order valence-electron chi connectivity index (χ3n) is 5.34. The number of benzene rings is 3. The van der Waals surface area contributed by atoms with Crippen LogP contribution in [0.3, 0.4) is 0 Å². The molecule has 0 bridgehead atoms. The largest absolute Gasteiger partial charge is 0.491 e. The average molecular weight is 405 g/mol. The molecule has 0 fully saturated rings. The van der Waals surface area contributed by atoms with Gasteiger partial charge in [0, 0.05) is 17.9 Å². The molecule has 4 heteroatoms. The summed E-state index contributed by atoms with van der Waals surface area (Å²) in [5, 5.41) is 2.38. The van der Waals surface area contributed by atoms with Crippen molar-refractivity contribution in [1.82, 2.24) is 0 Å². The molecule has 3 aromatic rings. The number of hydrogen-bond acceptors (Lipinski definition) is 3. The minimum Gasteiger partial charge on any atom is -0.491 e. The first kappa shape index (κ1) is 20.3. The van der Waals surface area contributed by atoms with Crippen LogP contribution >= 0.6 is 0 Å². The molecule has 0 saturated carbocycles. The quantitative estimate of drug-likeness (QED) is 0.535. The van der Waals surface area contributed by atoms with Crippen LogP contribution < -0.4 is 19.5 Å². The van der Waals surface area contributed by atoms with Gasteiger partial charge in [0.15, 0.2) is 11.5 Å². The summed E-state index contributed by atoms with van der Waals surface area (Å²) in [6.07, 6.45) is 1.26. The van der Waals surface area contributed by atoms with Crippen LogP contribution in [-0.4, -0.2) is 19.4 Å². The highest BCUT2D eigenvalue weighted by Gasteiger charge is 2.19. The highest BCUT2D eigenvalue weighted by molar-refractivity contribution is 5.47. The normalized spacial score (nSPS) is 13.4. The molecule has 0 radical (unpaired) electrons. The van der Waals surface area contributed by atoms with Crippen molar-refractivity contribution >= 4 is 0 Å². The SMILES string of the molecule is CC(C)Oc1ccc(C[NH2+]CC[C@H](c2ccccc2)c2ccc3c(c2)OCO3)cc1. The zero-order chi connectivity index (χ0) is 20.8. The predicted molar refractivity (Wildman–Crippen MR) is 118 cm³/mol. The van der Waals surface area contributed by atoms with Crippen molar-refractivity contribution in [1.29, 1.82) is 0 Å². The molecule has 1 aliphatic rings. The fraction of sp³-hybridized carbons (Fsp3) is 0.308. The van der Waals surface area contributed by atoms with E-state index in [1.807, 2.05) is 19.9 Å². The Hall–Kier alpha value is -2.98. The molecule has 0 amide bonds. The molecule has 1 heterocycles. The van der Waals surface area contributed by atoms with Gasteiger partial charge in [-0.1, -0.05) is 36.4 Å². The fourth-order valence-electron chi connectivity index (χ4n) is 3.87. The molecule has 1 atom stereocenters. The van der Waals surface area contributed by atoms with E-state index in [1.165, 1.54) is 16.7 Å². The molecule has 0 spiro atoms. The van der Waals surface area contributed by atoms with E-state index >= 15 is 0 Å². The van der Waals surface area contributed by atoms with Crippen molar-refractivity contribution in [2.45, 2.75) is 38.8 Å². The van der Waals surface area contributed by atoms with Crippen LogP contribution in [-0.2, 0) is 6.54 Å².